The summed E-state index contributed by atoms with van der Waals surface area (Å²) in [4.78, 5) is 13.2. The molecule has 10 heteroatoms. The Morgan fingerprint density at radius 2 is 2.11 bits per heavy atom. The molecule has 0 unspecified atom stereocenters. The van der Waals surface area contributed by atoms with E-state index in [1.54, 1.807) is 46.7 Å². The first-order chi connectivity index (χ1) is 16.9. The molecule has 4 rings (SSSR count). The zero-order chi connectivity index (χ0) is 24.8. The van der Waals surface area contributed by atoms with Crippen molar-refractivity contribution in [3.05, 3.63) is 102 Å². The Balaban J connectivity index is 1.60. The topological polar surface area (TPSA) is 80.0 Å². The van der Waals surface area contributed by atoms with Crippen molar-refractivity contribution in [3.8, 4) is 0 Å². The van der Waals surface area contributed by atoms with Crippen LogP contribution in [0.3, 0.4) is 0 Å². The lowest BCUT2D eigenvalue weighted by Crippen LogP contribution is -2.12. The second-order valence-electron chi connectivity index (χ2n) is 7.52. The molecule has 0 spiro atoms. The molecule has 0 saturated carbocycles. The Kier molecular flexibility index (Phi) is 7.41. The lowest BCUT2D eigenvalue weighted by atomic mass is 10.2. The molecule has 0 radical (unpaired) electrons. The van der Waals surface area contributed by atoms with E-state index in [2.05, 4.69) is 43.8 Å². The number of fused-ring (bicyclic) bond motifs is 1. The van der Waals surface area contributed by atoms with Crippen molar-refractivity contribution in [2.45, 2.75) is 19.9 Å². The van der Waals surface area contributed by atoms with Gasteiger partial charge in [-0.25, -0.2) is 23.3 Å². The second-order valence-corrected chi connectivity index (χ2v) is 8.50. The van der Waals surface area contributed by atoms with Crippen molar-refractivity contribution < 1.29 is 8.78 Å². The molecule has 0 atom stereocenters. The van der Waals surface area contributed by atoms with Crippen LogP contribution in [-0.4, -0.2) is 31.0 Å². The van der Waals surface area contributed by atoms with Gasteiger partial charge >= 0.3 is 0 Å². The number of aromatic nitrogens is 5. The average Bonchev–Trinajstić information content (AvgIpc) is 3.54. The Labute approximate surface area is 205 Å². The summed E-state index contributed by atoms with van der Waals surface area (Å²) in [6.45, 7) is 10.1. The molecular formula is C25H23F2N7S. The van der Waals surface area contributed by atoms with Gasteiger partial charge < -0.3 is 10.6 Å². The predicted molar refractivity (Wildman–Crippen MR) is 136 cm³/mol. The van der Waals surface area contributed by atoms with Crippen molar-refractivity contribution in [1.29, 1.82) is 0 Å². The Bertz CT molecular complexity index is 1400. The minimum absolute atomic E-state index is 0.0351. The molecule has 2 N–H and O–H groups in total. The van der Waals surface area contributed by atoms with E-state index in [4.69, 9.17) is 0 Å². The largest absolute Gasteiger partial charge is 0.378 e. The molecule has 4 heterocycles. The number of nitrogens with zero attached hydrogens (tertiary/aromatic N) is 5. The predicted octanol–water partition coefficient (Wildman–Crippen LogP) is 5.87. The Morgan fingerprint density at radius 1 is 1.26 bits per heavy atom. The van der Waals surface area contributed by atoms with Gasteiger partial charge in [-0.3, -0.25) is 4.98 Å². The van der Waals surface area contributed by atoms with E-state index < -0.39 is 6.43 Å². The Morgan fingerprint density at radius 3 is 2.89 bits per heavy atom. The van der Waals surface area contributed by atoms with E-state index in [1.807, 2.05) is 23.6 Å². The molecule has 0 fully saturated rings. The van der Waals surface area contributed by atoms with Crippen LogP contribution in [0.15, 0.2) is 85.3 Å². The minimum atomic E-state index is -2.50. The number of thiazole rings is 1. The number of hydrogen-bond donors (Lipinski definition) is 2. The van der Waals surface area contributed by atoms with Crippen molar-refractivity contribution >= 4 is 39.6 Å². The number of anilines is 2. The van der Waals surface area contributed by atoms with E-state index in [9.17, 15) is 8.78 Å². The minimum Gasteiger partial charge on any atom is -0.378 e. The summed E-state index contributed by atoms with van der Waals surface area (Å²) in [5.74, 6) is 0.904. The highest BCUT2D eigenvalue weighted by Crippen LogP contribution is 2.27. The zero-order valence-corrected chi connectivity index (χ0v) is 19.8. The van der Waals surface area contributed by atoms with Gasteiger partial charge in [0.25, 0.3) is 6.43 Å². The maximum absolute atomic E-state index is 12.7. The van der Waals surface area contributed by atoms with E-state index >= 15 is 0 Å². The fourth-order valence-electron chi connectivity index (χ4n) is 3.12. The van der Waals surface area contributed by atoms with Crippen molar-refractivity contribution in [2.75, 3.05) is 5.32 Å². The highest BCUT2D eigenvalue weighted by Gasteiger charge is 2.13. The first-order valence-electron chi connectivity index (χ1n) is 10.6. The molecule has 178 valence electrons. The van der Waals surface area contributed by atoms with E-state index in [1.165, 1.54) is 19.1 Å². The van der Waals surface area contributed by atoms with Gasteiger partial charge in [0.15, 0.2) is 11.6 Å². The van der Waals surface area contributed by atoms with Crippen LogP contribution in [0.2, 0.25) is 0 Å². The van der Waals surface area contributed by atoms with E-state index in [0.29, 0.717) is 29.5 Å². The highest BCUT2D eigenvalue weighted by molar-refractivity contribution is 7.09. The zero-order valence-electron chi connectivity index (χ0n) is 18.9. The smallest absolute Gasteiger partial charge is 0.259 e. The number of hydrogen-bond acceptors (Lipinski definition) is 7. The maximum atomic E-state index is 12.7. The quantitative estimate of drug-likeness (QED) is 0.270. The SMILES string of the molecule is C=C(/C=C\C=C(/C)C(F)F)c1nc(Nc2ccncc2C(=C)NCc2nccs2)c2cccn2n1. The average molecular weight is 492 g/mol. The van der Waals surface area contributed by atoms with Crippen LogP contribution < -0.4 is 10.6 Å². The monoisotopic (exact) mass is 491 g/mol. The fourth-order valence-corrected chi connectivity index (χ4v) is 3.67. The maximum Gasteiger partial charge on any atom is 0.259 e. The van der Waals surface area contributed by atoms with Crippen molar-refractivity contribution in [1.82, 2.24) is 29.9 Å². The third-order valence-electron chi connectivity index (χ3n) is 5.01. The van der Waals surface area contributed by atoms with Gasteiger partial charge in [-0.1, -0.05) is 31.4 Å². The van der Waals surface area contributed by atoms with Crippen molar-refractivity contribution in [3.63, 3.8) is 0 Å². The number of rotatable bonds is 10. The summed E-state index contributed by atoms with van der Waals surface area (Å²) in [6.07, 6.45) is 8.91. The third kappa shape index (κ3) is 5.85. The normalized spacial score (nSPS) is 11.9. The third-order valence-corrected chi connectivity index (χ3v) is 5.79. The first kappa shape index (κ1) is 24.0. The molecule has 0 saturated heterocycles. The number of alkyl halides is 2. The van der Waals surface area contributed by atoms with Crippen molar-refractivity contribution in [2.24, 2.45) is 0 Å². The van der Waals surface area contributed by atoms with Crippen LogP contribution in [0.4, 0.5) is 20.3 Å². The summed E-state index contributed by atoms with van der Waals surface area (Å²) in [6, 6.07) is 5.57. The van der Waals surface area contributed by atoms with Gasteiger partial charge in [0.1, 0.15) is 10.5 Å². The van der Waals surface area contributed by atoms with Crippen LogP contribution in [0, 0.1) is 0 Å². The van der Waals surface area contributed by atoms with Gasteiger partial charge in [-0.05, 0) is 30.7 Å². The van der Waals surface area contributed by atoms with Crippen LogP contribution in [0.5, 0.6) is 0 Å². The highest BCUT2D eigenvalue weighted by atomic mass is 32.1. The lowest BCUT2D eigenvalue weighted by molar-refractivity contribution is 0.190. The van der Waals surface area contributed by atoms with Gasteiger partial charge in [0, 0.05) is 47.0 Å². The molecule has 0 aliphatic carbocycles. The molecule has 7 nitrogen and oxygen atoms in total. The molecule has 0 aromatic carbocycles. The number of allylic oxidation sites excluding steroid dienone is 5. The molecule has 4 aromatic heterocycles. The number of pyridine rings is 1. The summed E-state index contributed by atoms with van der Waals surface area (Å²) in [5, 5.41) is 14.0. The summed E-state index contributed by atoms with van der Waals surface area (Å²) in [5.41, 5.74) is 3.41. The van der Waals surface area contributed by atoms with Crippen LogP contribution in [0.1, 0.15) is 23.3 Å². The van der Waals surface area contributed by atoms with E-state index in [-0.39, 0.29) is 5.57 Å². The fraction of sp³-hybridized carbons (Fsp3) is 0.120. The summed E-state index contributed by atoms with van der Waals surface area (Å²) in [7, 11) is 0. The summed E-state index contributed by atoms with van der Waals surface area (Å²) >= 11 is 1.56. The number of halogens is 2. The molecule has 0 aliphatic heterocycles. The molecule has 4 aromatic rings. The second kappa shape index (κ2) is 10.8. The van der Waals surface area contributed by atoms with Crippen LogP contribution in [0.25, 0.3) is 16.8 Å². The standard InChI is InChI=1S/C25H23F2N7S/c1-16(23(26)27)6-4-7-17(2)24-32-25(21-8-5-12-34(21)33-24)31-20-9-10-28-14-19(20)18(3)30-15-22-29-11-13-35-22/h4-14,23,30H,2-3,15H2,1H3,(H,28,31,32,33)/b7-4-,16-6+. The molecule has 0 amide bonds. The Hall–Kier alpha value is -4.18. The van der Waals surface area contributed by atoms with Gasteiger partial charge in [-0.2, -0.15) is 0 Å². The van der Waals surface area contributed by atoms with Crippen LogP contribution in [-0.2, 0) is 6.54 Å². The van der Waals surface area contributed by atoms with Crippen LogP contribution >= 0.6 is 11.3 Å². The van der Waals surface area contributed by atoms with Gasteiger partial charge in [-0.15, -0.1) is 16.4 Å². The molecule has 0 bridgehead atoms. The number of nitrogens with one attached hydrogen (secondary N) is 2. The van der Waals surface area contributed by atoms with E-state index in [0.717, 1.165) is 21.8 Å². The molecule has 0 aliphatic rings. The summed E-state index contributed by atoms with van der Waals surface area (Å²) < 4.78 is 27.1. The molecule has 35 heavy (non-hydrogen) atoms. The lowest BCUT2D eigenvalue weighted by Gasteiger charge is -2.15. The van der Waals surface area contributed by atoms with Gasteiger partial charge in [0.2, 0.25) is 0 Å². The first-order valence-corrected chi connectivity index (χ1v) is 11.5. The molecular weight excluding hydrogens is 468 g/mol. The van der Waals surface area contributed by atoms with Gasteiger partial charge in [0.05, 0.1) is 12.2 Å².